The molecule has 5 heteroatoms. The first-order valence-corrected chi connectivity index (χ1v) is 8.18. The topological polar surface area (TPSA) is 12.0 Å². The van der Waals surface area contributed by atoms with Crippen LogP contribution in [0.25, 0.3) is 0 Å². The zero-order valence-corrected chi connectivity index (χ0v) is 14.1. The molecule has 0 bridgehead atoms. The van der Waals surface area contributed by atoms with Crippen molar-refractivity contribution in [1.29, 1.82) is 0 Å². The van der Waals surface area contributed by atoms with Crippen LogP contribution in [0.15, 0.2) is 46.2 Å². The lowest BCUT2D eigenvalue weighted by molar-refractivity contribution is 0.564. The lowest BCUT2D eigenvalue weighted by Crippen LogP contribution is -2.22. The van der Waals surface area contributed by atoms with Crippen molar-refractivity contribution in [3.05, 3.63) is 57.8 Å². The molecule has 0 aliphatic heterocycles. The number of benzene rings is 2. The molecule has 0 heterocycles. The van der Waals surface area contributed by atoms with Gasteiger partial charge in [0.05, 0.1) is 9.92 Å². The zero-order chi connectivity index (χ0) is 15.4. The molecule has 0 spiro atoms. The highest BCUT2D eigenvalue weighted by atomic mass is 35.5. The minimum atomic E-state index is -0.251. The van der Waals surface area contributed by atoms with Crippen LogP contribution in [0.5, 0.6) is 0 Å². The Hall–Kier alpha value is -0.740. The summed E-state index contributed by atoms with van der Waals surface area (Å²) in [6.07, 6.45) is 0. The monoisotopic (exact) mass is 343 g/mol. The molecule has 2 rings (SSSR count). The second-order valence-electron chi connectivity index (χ2n) is 4.94. The maximum atomic E-state index is 14.2. The molecule has 21 heavy (non-hydrogen) atoms. The van der Waals surface area contributed by atoms with Gasteiger partial charge in [0.1, 0.15) is 5.82 Å². The molecule has 2 aromatic rings. The van der Waals surface area contributed by atoms with Crippen molar-refractivity contribution in [1.82, 2.24) is 5.32 Å². The minimum Gasteiger partial charge on any atom is -0.310 e. The Morgan fingerprint density at radius 3 is 2.67 bits per heavy atom. The Morgan fingerprint density at radius 1 is 1.19 bits per heavy atom. The third kappa shape index (κ3) is 4.62. The average molecular weight is 344 g/mol. The van der Waals surface area contributed by atoms with Crippen LogP contribution in [0, 0.1) is 5.82 Å². The first kappa shape index (κ1) is 16.6. The zero-order valence-electron chi connectivity index (χ0n) is 11.8. The van der Waals surface area contributed by atoms with Crippen LogP contribution >= 0.6 is 35.0 Å². The van der Waals surface area contributed by atoms with Crippen LogP contribution in [-0.4, -0.2) is 6.04 Å². The fourth-order valence-electron chi connectivity index (χ4n) is 1.79. The SMILES string of the molecule is CC(C)NCc1cccc(F)c1Sc1cc(Cl)ccc1Cl. The van der Waals surface area contributed by atoms with E-state index in [0.29, 0.717) is 27.5 Å². The van der Waals surface area contributed by atoms with E-state index in [-0.39, 0.29) is 5.82 Å². The van der Waals surface area contributed by atoms with Gasteiger partial charge < -0.3 is 5.32 Å². The molecule has 2 aromatic carbocycles. The Bertz CT molecular complexity index is 632. The fourth-order valence-corrected chi connectivity index (χ4v) is 3.26. The molecule has 112 valence electrons. The molecule has 0 radical (unpaired) electrons. The van der Waals surface area contributed by atoms with E-state index in [1.165, 1.54) is 17.8 Å². The first-order valence-electron chi connectivity index (χ1n) is 6.61. The van der Waals surface area contributed by atoms with Crippen molar-refractivity contribution in [2.45, 2.75) is 36.2 Å². The fraction of sp³-hybridized carbons (Fsp3) is 0.250. The molecule has 0 aromatic heterocycles. The van der Waals surface area contributed by atoms with Crippen molar-refractivity contribution in [2.24, 2.45) is 0 Å². The number of halogens is 3. The van der Waals surface area contributed by atoms with Gasteiger partial charge in [0.15, 0.2) is 0 Å². The van der Waals surface area contributed by atoms with Gasteiger partial charge in [-0.2, -0.15) is 0 Å². The molecular formula is C16H16Cl2FNS. The summed E-state index contributed by atoms with van der Waals surface area (Å²) in [5.74, 6) is -0.251. The van der Waals surface area contributed by atoms with Gasteiger partial charge in [-0.05, 0) is 29.8 Å². The molecule has 1 nitrogen and oxygen atoms in total. The molecule has 0 atom stereocenters. The van der Waals surface area contributed by atoms with Crippen LogP contribution in [0.1, 0.15) is 19.4 Å². The van der Waals surface area contributed by atoms with E-state index < -0.39 is 0 Å². The van der Waals surface area contributed by atoms with E-state index in [4.69, 9.17) is 23.2 Å². The largest absolute Gasteiger partial charge is 0.310 e. The Kier molecular flexibility index (Phi) is 5.94. The van der Waals surface area contributed by atoms with E-state index in [9.17, 15) is 4.39 Å². The number of nitrogens with one attached hydrogen (secondary N) is 1. The first-order chi connectivity index (χ1) is 9.97. The summed E-state index contributed by atoms with van der Waals surface area (Å²) in [6, 6.07) is 10.6. The predicted octanol–water partition coefficient (Wildman–Crippen LogP) is 5.78. The summed E-state index contributed by atoms with van der Waals surface area (Å²) in [6.45, 7) is 4.72. The minimum absolute atomic E-state index is 0.251. The van der Waals surface area contributed by atoms with E-state index in [0.717, 1.165) is 10.5 Å². The van der Waals surface area contributed by atoms with E-state index in [1.807, 2.05) is 6.07 Å². The third-order valence-corrected chi connectivity index (χ3v) is 4.75. The van der Waals surface area contributed by atoms with Crippen LogP contribution in [0.4, 0.5) is 4.39 Å². The summed E-state index contributed by atoms with van der Waals surface area (Å²) in [7, 11) is 0. The highest BCUT2D eigenvalue weighted by molar-refractivity contribution is 7.99. The van der Waals surface area contributed by atoms with Gasteiger partial charge in [0.25, 0.3) is 0 Å². The predicted molar refractivity (Wildman–Crippen MR) is 89.0 cm³/mol. The summed E-state index contributed by atoms with van der Waals surface area (Å²) in [5.41, 5.74) is 0.907. The van der Waals surface area contributed by atoms with Gasteiger partial charge in [-0.25, -0.2) is 4.39 Å². The summed E-state index contributed by atoms with van der Waals surface area (Å²) in [4.78, 5) is 1.33. The lowest BCUT2D eigenvalue weighted by atomic mass is 10.2. The maximum absolute atomic E-state index is 14.2. The summed E-state index contributed by atoms with van der Waals surface area (Å²) >= 11 is 13.4. The van der Waals surface area contributed by atoms with Gasteiger partial charge >= 0.3 is 0 Å². The van der Waals surface area contributed by atoms with Crippen molar-refractivity contribution in [2.75, 3.05) is 0 Å². The highest BCUT2D eigenvalue weighted by Gasteiger charge is 2.12. The molecule has 0 saturated carbocycles. The standard InChI is InChI=1S/C16H16Cl2FNS/c1-10(2)20-9-11-4-3-5-14(19)16(11)21-15-8-12(17)6-7-13(15)18/h3-8,10,20H,9H2,1-2H3. The van der Waals surface area contributed by atoms with E-state index in [1.54, 1.807) is 24.3 Å². The second-order valence-corrected chi connectivity index (χ2v) is 6.84. The van der Waals surface area contributed by atoms with Gasteiger partial charge in [-0.1, -0.05) is 60.9 Å². The van der Waals surface area contributed by atoms with Crippen LogP contribution in [0.3, 0.4) is 0 Å². The third-order valence-electron chi connectivity index (χ3n) is 2.85. The molecule has 0 saturated heterocycles. The maximum Gasteiger partial charge on any atom is 0.137 e. The van der Waals surface area contributed by atoms with Crippen molar-refractivity contribution in [3.63, 3.8) is 0 Å². The van der Waals surface area contributed by atoms with Crippen molar-refractivity contribution >= 4 is 35.0 Å². The number of rotatable bonds is 5. The molecule has 0 aliphatic carbocycles. The van der Waals surface area contributed by atoms with Gasteiger partial charge in [-0.15, -0.1) is 0 Å². The normalized spacial score (nSPS) is 11.1. The van der Waals surface area contributed by atoms with Crippen LogP contribution in [0.2, 0.25) is 10.0 Å². The van der Waals surface area contributed by atoms with Crippen LogP contribution < -0.4 is 5.32 Å². The van der Waals surface area contributed by atoms with Gasteiger partial charge in [0, 0.05) is 22.5 Å². The highest BCUT2D eigenvalue weighted by Crippen LogP contribution is 2.38. The van der Waals surface area contributed by atoms with E-state index in [2.05, 4.69) is 19.2 Å². The number of hydrogen-bond acceptors (Lipinski definition) is 2. The smallest absolute Gasteiger partial charge is 0.137 e. The van der Waals surface area contributed by atoms with Crippen molar-refractivity contribution in [3.8, 4) is 0 Å². The summed E-state index contributed by atoms with van der Waals surface area (Å²) < 4.78 is 14.2. The van der Waals surface area contributed by atoms with Crippen molar-refractivity contribution < 1.29 is 4.39 Å². The molecular weight excluding hydrogens is 328 g/mol. The molecule has 0 aliphatic rings. The Labute approximate surface area is 138 Å². The lowest BCUT2D eigenvalue weighted by Gasteiger charge is -2.14. The Morgan fingerprint density at radius 2 is 1.95 bits per heavy atom. The molecule has 1 N–H and O–H groups in total. The average Bonchev–Trinajstić information content (AvgIpc) is 2.43. The second kappa shape index (κ2) is 7.50. The Balaban J connectivity index is 2.32. The molecule has 0 fully saturated rings. The molecule has 0 amide bonds. The quantitative estimate of drug-likeness (QED) is 0.738. The summed E-state index contributed by atoms with van der Waals surface area (Å²) in [5, 5.41) is 4.45. The van der Waals surface area contributed by atoms with Gasteiger partial charge in [0.2, 0.25) is 0 Å². The molecule has 0 unspecified atom stereocenters. The van der Waals surface area contributed by atoms with E-state index >= 15 is 0 Å². The van der Waals surface area contributed by atoms with Crippen LogP contribution in [-0.2, 0) is 6.54 Å². The number of hydrogen-bond donors (Lipinski definition) is 1. The van der Waals surface area contributed by atoms with Gasteiger partial charge in [-0.3, -0.25) is 0 Å².